The summed E-state index contributed by atoms with van der Waals surface area (Å²) in [6.07, 6.45) is 0. The molecule has 0 saturated heterocycles. The SMILES string of the molecule is O.O=C(O)CNC(=O)c1ccccc1.[Na]. The smallest absolute Gasteiger partial charge is 0.322 e. The molecule has 1 aromatic carbocycles. The fourth-order valence-corrected chi connectivity index (χ4v) is 0.847. The molecule has 1 radical (unpaired) electrons. The predicted molar refractivity (Wildman–Crippen MR) is 55.8 cm³/mol. The van der Waals surface area contributed by atoms with Crippen molar-refractivity contribution in [1.29, 1.82) is 0 Å². The summed E-state index contributed by atoms with van der Waals surface area (Å²) in [6, 6.07) is 8.47. The van der Waals surface area contributed by atoms with Crippen LogP contribution in [0.2, 0.25) is 0 Å². The molecule has 1 amide bonds. The van der Waals surface area contributed by atoms with Crippen LogP contribution < -0.4 is 5.32 Å². The summed E-state index contributed by atoms with van der Waals surface area (Å²) in [4.78, 5) is 21.3. The van der Waals surface area contributed by atoms with Crippen LogP contribution >= 0.6 is 0 Å². The van der Waals surface area contributed by atoms with Crippen LogP contribution in [0.3, 0.4) is 0 Å². The van der Waals surface area contributed by atoms with E-state index in [1.165, 1.54) is 0 Å². The minimum Gasteiger partial charge on any atom is -0.480 e. The van der Waals surface area contributed by atoms with Crippen molar-refractivity contribution in [3.63, 3.8) is 0 Å². The van der Waals surface area contributed by atoms with E-state index < -0.39 is 5.97 Å². The van der Waals surface area contributed by atoms with Crippen LogP contribution in [-0.4, -0.2) is 58.6 Å². The van der Waals surface area contributed by atoms with Crippen molar-refractivity contribution in [3.8, 4) is 0 Å². The maximum Gasteiger partial charge on any atom is 0.322 e. The molecule has 0 aliphatic heterocycles. The molecule has 0 heterocycles. The van der Waals surface area contributed by atoms with Gasteiger partial charge >= 0.3 is 5.97 Å². The van der Waals surface area contributed by atoms with Gasteiger partial charge in [-0.05, 0) is 12.1 Å². The molecule has 0 saturated carbocycles. The second kappa shape index (κ2) is 8.43. The van der Waals surface area contributed by atoms with E-state index in [1.54, 1.807) is 30.3 Å². The topological polar surface area (TPSA) is 97.9 Å². The number of nitrogens with one attached hydrogen (secondary N) is 1. The number of carbonyl (C=O) groups excluding carboxylic acids is 1. The molecule has 0 fully saturated rings. The first-order valence-electron chi connectivity index (χ1n) is 3.75. The molecule has 15 heavy (non-hydrogen) atoms. The molecule has 0 spiro atoms. The van der Waals surface area contributed by atoms with Crippen molar-refractivity contribution in [2.24, 2.45) is 0 Å². The molecule has 0 aliphatic carbocycles. The molecule has 6 heteroatoms. The summed E-state index contributed by atoms with van der Waals surface area (Å²) in [5.41, 5.74) is 0.462. The van der Waals surface area contributed by atoms with Crippen molar-refractivity contribution in [2.45, 2.75) is 0 Å². The molecular formula is C9H11NNaO4. The molecule has 1 rings (SSSR count). The van der Waals surface area contributed by atoms with Gasteiger partial charge in [0, 0.05) is 35.1 Å². The molecule has 1 aromatic rings. The van der Waals surface area contributed by atoms with E-state index in [2.05, 4.69) is 5.32 Å². The Hall–Kier alpha value is -0.880. The number of carboxylic acids is 1. The van der Waals surface area contributed by atoms with Gasteiger partial charge in [-0.25, -0.2) is 0 Å². The number of benzene rings is 1. The zero-order valence-corrected chi connectivity index (χ0v) is 10.4. The van der Waals surface area contributed by atoms with Crippen LogP contribution in [0.4, 0.5) is 0 Å². The van der Waals surface area contributed by atoms with Crippen LogP contribution in [0, 0.1) is 0 Å². The summed E-state index contributed by atoms with van der Waals surface area (Å²) < 4.78 is 0. The fourth-order valence-electron chi connectivity index (χ4n) is 0.847. The Kier molecular flexibility index (Phi) is 9.30. The Morgan fingerprint density at radius 3 is 2.20 bits per heavy atom. The fraction of sp³-hybridized carbons (Fsp3) is 0.111. The Labute approximate surface area is 109 Å². The van der Waals surface area contributed by atoms with Crippen LogP contribution in [0.25, 0.3) is 0 Å². The molecule has 0 bridgehead atoms. The van der Waals surface area contributed by atoms with Crippen LogP contribution in [-0.2, 0) is 4.79 Å². The van der Waals surface area contributed by atoms with Gasteiger partial charge in [-0.2, -0.15) is 0 Å². The number of carboxylic acid groups (broad SMARTS) is 1. The monoisotopic (exact) mass is 220 g/mol. The molecule has 0 aromatic heterocycles. The maximum atomic E-state index is 11.2. The van der Waals surface area contributed by atoms with Gasteiger partial charge in [0.2, 0.25) is 0 Å². The van der Waals surface area contributed by atoms with Crippen LogP contribution in [0.1, 0.15) is 10.4 Å². The van der Waals surface area contributed by atoms with Crippen molar-refractivity contribution < 1.29 is 20.2 Å². The summed E-state index contributed by atoms with van der Waals surface area (Å²) in [5, 5.41) is 10.6. The van der Waals surface area contributed by atoms with Crippen molar-refractivity contribution in [3.05, 3.63) is 35.9 Å². The zero-order chi connectivity index (χ0) is 9.68. The third kappa shape index (κ3) is 6.24. The van der Waals surface area contributed by atoms with Gasteiger partial charge in [0.1, 0.15) is 6.54 Å². The predicted octanol–water partition coefficient (Wildman–Crippen LogP) is -0.705. The molecule has 0 aliphatic rings. The van der Waals surface area contributed by atoms with Gasteiger partial charge in [-0.1, -0.05) is 18.2 Å². The summed E-state index contributed by atoms with van der Waals surface area (Å²) in [6.45, 7) is -0.353. The molecule has 4 N–H and O–H groups in total. The average Bonchev–Trinajstić information content (AvgIpc) is 2.15. The maximum absolute atomic E-state index is 11.2. The van der Waals surface area contributed by atoms with Crippen LogP contribution in [0.15, 0.2) is 30.3 Å². The first kappa shape index (κ1) is 16.5. The summed E-state index contributed by atoms with van der Waals surface area (Å²) >= 11 is 0. The van der Waals surface area contributed by atoms with E-state index >= 15 is 0 Å². The van der Waals surface area contributed by atoms with Gasteiger partial charge in [0.15, 0.2) is 0 Å². The van der Waals surface area contributed by atoms with Crippen molar-refractivity contribution in [2.75, 3.05) is 6.54 Å². The quantitative estimate of drug-likeness (QED) is 0.658. The number of amides is 1. The number of aliphatic carboxylic acids is 1. The largest absolute Gasteiger partial charge is 0.480 e. The summed E-state index contributed by atoms with van der Waals surface area (Å²) in [5.74, 6) is -1.42. The minimum absolute atomic E-state index is 0. The van der Waals surface area contributed by atoms with E-state index in [4.69, 9.17) is 5.11 Å². The molecule has 0 unspecified atom stereocenters. The standard InChI is InChI=1S/C9H9NO3.Na.H2O/c11-8(12)6-10-9(13)7-4-2-1-3-5-7;;/h1-5H,6H2,(H,10,13)(H,11,12);;1H2. The first-order chi connectivity index (χ1) is 6.20. The van der Waals surface area contributed by atoms with E-state index in [0.717, 1.165) is 0 Å². The average molecular weight is 220 g/mol. The molecule has 77 valence electrons. The van der Waals surface area contributed by atoms with E-state index in [9.17, 15) is 9.59 Å². The molecule has 0 atom stereocenters. The van der Waals surface area contributed by atoms with Crippen LogP contribution in [0.5, 0.6) is 0 Å². The van der Waals surface area contributed by atoms with Crippen molar-refractivity contribution in [1.82, 2.24) is 5.32 Å². The third-order valence-corrected chi connectivity index (χ3v) is 1.44. The van der Waals surface area contributed by atoms with Crippen molar-refractivity contribution >= 4 is 41.4 Å². The zero-order valence-electron chi connectivity index (χ0n) is 8.36. The Balaban J connectivity index is 0. The van der Waals surface area contributed by atoms with E-state index in [-0.39, 0.29) is 47.5 Å². The first-order valence-corrected chi connectivity index (χ1v) is 3.75. The van der Waals surface area contributed by atoms with Gasteiger partial charge in [0.25, 0.3) is 5.91 Å². The van der Waals surface area contributed by atoms with Gasteiger partial charge in [-0.3, -0.25) is 9.59 Å². The normalized spacial score (nSPS) is 8.00. The molecular weight excluding hydrogens is 209 g/mol. The van der Waals surface area contributed by atoms with E-state index in [1.807, 2.05) is 0 Å². The number of carbonyl (C=O) groups is 2. The number of rotatable bonds is 3. The van der Waals surface area contributed by atoms with Gasteiger partial charge < -0.3 is 15.9 Å². The Morgan fingerprint density at radius 2 is 1.73 bits per heavy atom. The second-order valence-electron chi connectivity index (χ2n) is 2.44. The second-order valence-corrected chi connectivity index (χ2v) is 2.44. The van der Waals surface area contributed by atoms with Gasteiger partial charge in [0.05, 0.1) is 0 Å². The van der Waals surface area contributed by atoms with E-state index in [0.29, 0.717) is 5.56 Å². The Bertz CT molecular complexity index is 315. The summed E-state index contributed by atoms with van der Waals surface area (Å²) in [7, 11) is 0. The number of hydrogen-bond donors (Lipinski definition) is 2. The third-order valence-electron chi connectivity index (χ3n) is 1.44. The Morgan fingerprint density at radius 1 is 1.20 bits per heavy atom. The molecule has 5 nitrogen and oxygen atoms in total. The number of hydrogen-bond acceptors (Lipinski definition) is 2. The van der Waals surface area contributed by atoms with Gasteiger partial charge in [-0.15, -0.1) is 0 Å². The minimum atomic E-state index is -1.05.